The summed E-state index contributed by atoms with van der Waals surface area (Å²) in [6, 6.07) is 17.0. The third kappa shape index (κ3) is 5.94. The zero-order valence-corrected chi connectivity index (χ0v) is 16.1. The quantitative estimate of drug-likeness (QED) is 0.273. The van der Waals surface area contributed by atoms with E-state index in [0.717, 1.165) is 5.56 Å². The summed E-state index contributed by atoms with van der Waals surface area (Å²) in [7, 11) is 0. The molecule has 0 spiro atoms. The first-order valence-corrected chi connectivity index (χ1v) is 9.42. The number of thiophene rings is 1. The van der Waals surface area contributed by atoms with Gasteiger partial charge in [0.25, 0.3) is 5.91 Å². The maximum Gasteiger partial charge on any atom is 0.353 e. The first kappa shape index (κ1) is 19.6. The molecule has 142 valence electrons. The molecule has 8 heteroatoms. The monoisotopic (exact) mass is 414 g/mol. The van der Waals surface area contributed by atoms with Gasteiger partial charge in [-0.15, -0.1) is 11.3 Å². The molecule has 0 unspecified atom stereocenters. The molecule has 0 radical (unpaired) electrons. The highest BCUT2D eigenvalue weighted by Gasteiger charge is 2.09. The van der Waals surface area contributed by atoms with Crippen LogP contribution in [-0.4, -0.2) is 24.7 Å². The number of hydrazone groups is 1. The topological polar surface area (TPSA) is 77.0 Å². The minimum Gasteiger partial charge on any atom is -0.484 e. The number of carbonyl (C=O) groups excluding carboxylic acids is 2. The van der Waals surface area contributed by atoms with E-state index < -0.39 is 11.9 Å². The fourth-order valence-electron chi connectivity index (χ4n) is 2.09. The zero-order valence-electron chi connectivity index (χ0n) is 14.5. The van der Waals surface area contributed by atoms with Crippen LogP contribution in [0.25, 0.3) is 0 Å². The van der Waals surface area contributed by atoms with Crippen molar-refractivity contribution in [2.45, 2.75) is 0 Å². The van der Waals surface area contributed by atoms with Gasteiger partial charge in [0.05, 0.1) is 6.21 Å². The van der Waals surface area contributed by atoms with Crippen molar-refractivity contribution in [2.75, 3.05) is 6.61 Å². The number of ether oxygens (including phenoxy) is 2. The van der Waals surface area contributed by atoms with E-state index in [1.165, 1.54) is 17.6 Å². The third-order valence-corrected chi connectivity index (χ3v) is 4.47. The highest BCUT2D eigenvalue weighted by Crippen LogP contribution is 2.17. The van der Waals surface area contributed by atoms with E-state index in [1.54, 1.807) is 60.7 Å². The summed E-state index contributed by atoms with van der Waals surface area (Å²) in [5.41, 5.74) is 3.10. The van der Waals surface area contributed by atoms with Gasteiger partial charge in [-0.25, -0.2) is 10.2 Å². The molecule has 0 atom stereocenters. The molecule has 2 aromatic carbocycles. The smallest absolute Gasteiger partial charge is 0.353 e. The first-order valence-electron chi connectivity index (χ1n) is 8.16. The van der Waals surface area contributed by atoms with Crippen LogP contribution in [0.2, 0.25) is 5.02 Å². The van der Waals surface area contributed by atoms with Gasteiger partial charge in [-0.05, 0) is 59.5 Å². The van der Waals surface area contributed by atoms with E-state index in [9.17, 15) is 9.59 Å². The Hall–Kier alpha value is -3.16. The molecule has 1 N–H and O–H groups in total. The van der Waals surface area contributed by atoms with Gasteiger partial charge in [-0.2, -0.15) is 5.10 Å². The van der Waals surface area contributed by atoms with Crippen molar-refractivity contribution in [2.24, 2.45) is 5.10 Å². The minimum atomic E-state index is -0.405. The Morgan fingerprint density at radius 3 is 2.61 bits per heavy atom. The van der Waals surface area contributed by atoms with Crippen molar-refractivity contribution in [3.8, 4) is 11.5 Å². The number of halogens is 1. The Balaban J connectivity index is 1.45. The second kappa shape index (κ2) is 9.68. The van der Waals surface area contributed by atoms with Crippen molar-refractivity contribution in [3.63, 3.8) is 0 Å². The number of nitrogens with zero attached hydrogens (tertiary/aromatic N) is 1. The lowest BCUT2D eigenvalue weighted by molar-refractivity contribution is -0.123. The maximum atomic E-state index is 11.9. The van der Waals surface area contributed by atoms with E-state index in [4.69, 9.17) is 21.1 Å². The molecule has 0 aliphatic rings. The van der Waals surface area contributed by atoms with Crippen LogP contribution in [0.15, 0.2) is 71.1 Å². The Morgan fingerprint density at radius 2 is 1.89 bits per heavy atom. The summed E-state index contributed by atoms with van der Waals surface area (Å²) in [5, 5.41) is 6.20. The highest BCUT2D eigenvalue weighted by atomic mass is 35.5. The maximum absolute atomic E-state index is 11.9. The first-order chi connectivity index (χ1) is 13.6. The summed E-state index contributed by atoms with van der Waals surface area (Å²) >= 11 is 7.16. The summed E-state index contributed by atoms with van der Waals surface area (Å²) in [5.74, 6) is 0.120. The Labute approximate surface area is 170 Å². The van der Waals surface area contributed by atoms with Crippen molar-refractivity contribution in [1.29, 1.82) is 0 Å². The van der Waals surface area contributed by atoms with E-state index in [0.29, 0.717) is 21.4 Å². The number of hydrogen-bond donors (Lipinski definition) is 1. The molecule has 6 nitrogen and oxygen atoms in total. The van der Waals surface area contributed by atoms with Crippen molar-refractivity contribution >= 4 is 41.0 Å². The standard InChI is InChI=1S/C20H15ClN2O4S/c21-15-3-1-4-17(11-15)26-13-19(24)23-22-12-14-6-8-16(9-7-14)27-20(25)18-5-2-10-28-18/h1-12H,13H2,(H,23,24)/b22-12+. The Bertz CT molecular complexity index is 972. The summed E-state index contributed by atoms with van der Waals surface area (Å²) in [6.45, 7) is -0.185. The number of benzene rings is 2. The molecule has 0 aliphatic carbocycles. The lowest BCUT2D eigenvalue weighted by Gasteiger charge is -2.05. The van der Waals surface area contributed by atoms with Crippen LogP contribution >= 0.6 is 22.9 Å². The molecular weight excluding hydrogens is 400 g/mol. The molecule has 3 rings (SSSR count). The van der Waals surface area contributed by atoms with Gasteiger partial charge >= 0.3 is 5.97 Å². The predicted molar refractivity (Wildman–Crippen MR) is 108 cm³/mol. The van der Waals surface area contributed by atoms with Crippen molar-refractivity contribution < 1.29 is 19.1 Å². The fraction of sp³-hybridized carbons (Fsp3) is 0.0500. The number of rotatable bonds is 7. The van der Waals surface area contributed by atoms with Crippen molar-refractivity contribution in [1.82, 2.24) is 5.43 Å². The van der Waals surface area contributed by atoms with Crippen molar-refractivity contribution in [3.05, 3.63) is 81.5 Å². The third-order valence-electron chi connectivity index (χ3n) is 3.38. The molecule has 28 heavy (non-hydrogen) atoms. The van der Waals surface area contributed by atoms with Crippen LogP contribution in [0.3, 0.4) is 0 Å². The summed E-state index contributed by atoms with van der Waals surface area (Å²) in [6.07, 6.45) is 1.47. The van der Waals surface area contributed by atoms with Gasteiger partial charge < -0.3 is 9.47 Å². The van der Waals surface area contributed by atoms with Gasteiger partial charge in [0.15, 0.2) is 6.61 Å². The average Bonchev–Trinajstić information content (AvgIpc) is 3.23. The van der Waals surface area contributed by atoms with Crippen LogP contribution in [0.5, 0.6) is 11.5 Å². The normalized spacial score (nSPS) is 10.6. The van der Waals surface area contributed by atoms with Gasteiger partial charge in [0.2, 0.25) is 0 Å². The number of carbonyl (C=O) groups is 2. The van der Waals surface area contributed by atoms with E-state index >= 15 is 0 Å². The van der Waals surface area contributed by atoms with Crippen LogP contribution in [0, 0.1) is 0 Å². The summed E-state index contributed by atoms with van der Waals surface area (Å²) in [4.78, 5) is 24.2. The van der Waals surface area contributed by atoms with Crippen LogP contribution in [0.4, 0.5) is 0 Å². The lowest BCUT2D eigenvalue weighted by Crippen LogP contribution is -2.24. The van der Waals surface area contributed by atoms with Gasteiger partial charge in [0, 0.05) is 5.02 Å². The van der Waals surface area contributed by atoms with E-state index in [-0.39, 0.29) is 6.61 Å². The van der Waals surface area contributed by atoms with Gasteiger partial charge in [-0.3, -0.25) is 4.79 Å². The van der Waals surface area contributed by atoms with E-state index in [1.807, 2.05) is 5.38 Å². The number of amides is 1. The van der Waals surface area contributed by atoms with Gasteiger partial charge in [0.1, 0.15) is 16.4 Å². The van der Waals surface area contributed by atoms with Gasteiger partial charge in [-0.1, -0.05) is 23.7 Å². The van der Waals surface area contributed by atoms with Crippen LogP contribution in [-0.2, 0) is 4.79 Å². The Kier molecular flexibility index (Phi) is 6.78. The molecule has 1 heterocycles. The van der Waals surface area contributed by atoms with Crippen LogP contribution in [0.1, 0.15) is 15.2 Å². The second-order valence-corrected chi connectivity index (χ2v) is 6.86. The molecule has 3 aromatic rings. The largest absolute Gasteiger partial charge is 0.484 e. The Morgan fingerprint density at radius 1 is 1.07 bits per heavy atom. The SMILES string of the molecule is O=C(COc1cccc(Cl)c1)N/N=C/c1ccc(OC(=O)c2cccs2)cc1. The molecule has 0 saturated carbocycles. The fourth-order valence-corrected chi connectivity index (χ4v) is 2.87. The molecule has 0 aliphatic heterocycles. The second-order valence-electron chi connectivity index (χ2n) is 5.48. The highest BCUT2D eigenvalue weighted by molar-refractivity contribution is 7.12. The van der Waals surface area contributed by atoms with E-state index in [2.05, 4.69) is 10.5 Å². The lowest BCUT2D eigenvalue weighted by atomic mass is 10.2. The number of nitrogens with one attached hydrogen (secondary N) is 1. The predicted octanol–water partition coefficient (Wildman–Crippen LogP) is 4.15. The van der Waals surface area contributed by atoms with Crippen LogP contribution < -0.4 is 14.9 Å². The molecule has 1 aromatic heterocycles. The molecule has 0 fully saturated rings. The number of esters is 1. The molecule has 0 saturated heterocycles. The molecule has 0 bridgehead atoms. The number of hydrogen-bond acceptors (Lipinski definition) is 6. The molecular formula is C20H15ClN2O4S. The summed E-state index contributed by atoms with van der Waals surface area (Å²) < 4.78 is 10.6. The molecule has 1 amide bonds. The average molecular weight is 415 g/mol. The minimum absolute atomic E-state index is 0.185. The zero-order chi connectivity index (χ0) is 19.8.